The fourth-order valence-electron chi connectivity index (χ4n) is 2.69. The van der Waals surface area contributed by atoms with Gasteiger partial charge in [0.2, 0.25) is 0 Å². The lowest BCUT2D eigenvalue weighted by Crippen LogP contribution is -2.36. The smallest absolute Gasteiger partial charge is 0.313 e. The third kappa shape index (κ3) is 6.20. The third-order valence-electron chi connectivity index (χ3n) is 4.06. The van der Waals surface area contributed by atoms with Crippen molar-refractivity contribution in [2.75, 3.05) is 24.7 Å². The molecular weight excluding hydrogens is 348 g/mol. The van der Waals surface area contributed by atoms with Crippen LogP contribution in [0.5, 0.6) is 0 Å². The highest BCUT2D eigenvalue weighted by Crippen LogP contribution is 2.22. The molecule has 0 aliphatic rings. The molecule has 0 spiro atoms. The normalized spacial score (nSPS) is 11.6. The number of anilines is 1. The SMILES string of the molecule is CSc1cccc(NC(=O)C(=O)NCCC(CCO)c2ccccc2)c1. The minimum atomic E-state index is -0.679. The van der Waals surface area contributed by atoms with E-state index in [1.807, 2.05) is 54.8 Å². The van der Waals surface area contributed by atoms with E-state index in [4.69, 9.17) is 0 Å². The van der Waals surface area contributed by atoms with Crippen molar-refractivity contribution < 1.29 is 14.7 Å². The first-order valence-corrected chi connectivity index (χ1v) is 9.75. The van der Waals surface area contributed by atoms with Crippen molar-refractivity contribution in [3.05, 3.63) is 60.2 Å². The molecule has 0 saturated carbocycles. The van der Waals surface area contributed by atoms with Gasteiger partial charge < -0.3 is 15.7 Å². The van der Waals surface area contributed by atoms with Crippen molar-refractivity contribution in [1.82, 2.24) is 5.32 Å². The number of rotatable bonds is 8. The van der Waals surface area contributed by atoms with Crippen LogP contribution in [0.15, 0.2) is 59.5 Å². The molecule has 0 heterocycles. The number of nitrogens with one attached hydrogen (secondary N) is 2. The molecule has 0 saturated heterocycles. The Kier molecular flexibility index (Phi) is 8.18. The highest BCUT2D eigenvalue weighted by Gasteiger charge is 2.15. The van der Waals surface area contributed by atoms with Gasteiger partial charge in [-0.1, -0.05) is 36.4 Å². The molecule has 26 heavy (non-hydrogen) atoms. The van der Waals surface area contributed by atoms with E-state index in [0.29, 0.717) is 25.1 Å². The minimum absolute atomic E-state index is 0.0831. The first kappa shape index (κ1) is 20.0. The maximum atomic E-state index is 12.0. The topological polar surface area (TPSA) is 78.4 Å². The maximum Gasteiger partial charge on any atom is 0.313 e. The Morgan fingerprint density at radius 1 is 1.04 bits per heavy atom. The van der Waals surface area contributed by atoms with Crippen molar-refractivity contribution in [1.29, 1.82) is 0 Å². The van der Waals surface area contributed by atoms with Crippen LogP contribution < -0.4 is 10.6 Å². The Bertz CT molecular complexity index is 722. The number of aliphatic hydroxyl groups excluding tert-OH is 1. The first-order chi connectivity index (χ1) is 12.6. The molecule has 0 bridgehead atoms. The van der Waals surface area contributed by atoms with Gasteiger partial charge in [-0.15, -0.1) is 11.8 Å². The summed E-state index contributed by atoms with van der Waals surface area (Å²) in [6.07, 6.45) is 3.22. The van der Waals surface area contributed by atoms with Crippen LogP contribution in [0.2, 0.25) is 0 Å². The summed E-state index contributed by atoms with van der Waals surface area (Å²) in [5.74, 6) is -1.19. The average Bonchev–Trinajstić information content (AvgIpc) is 2.68. The maximum absolute atomic E-state index is 12.0. The van der Waals surface area contributed by atoms with Gasteiger partial charge >= 0.3 is 11.8 Å². The van der Waals surface area contributed by atoms with Gasteiger partial charge in [0.25, 0.3) is 0 Å². The predicted octanol–water partition coefficient (Wildman–Crippen LogP) is 3.02. The fourth-order valence-corrected chi connectivity index (χ4v) is 3.15. The van der Waals surface area contributed by atoms with Crippen LogP contribution in [0.25, 0.3) is 0 Å². The molecule has 1 atom stereocenters. The zero-order valence-electron chi connectivity index (χ0n) is 14.8. The lowest BCUT2D eigenvalue weighted by atomic mass is 9.93. The Morgan fingerprint density at radius 3 is 2.50 bits per heavy atom. The van der Waals surface area contributed by atoms with Crippen LogP contribution in [-0.4, -0.2) is 36.3 Å². The number of hydrogen-bond donors (Lipinski definition) is 3. The van der Waals surface area contributed by atoms with Gasteiger partial charge in [-0.3, -0.25) is 9.59 Å². The zero-order valence-corrected chi connectivity index (χ0v) is 15.6. The second kappa shape index (κ2) is 10.6. The molecule has 0 fully saturated rings. The summed E-state index contributed by atoms with van der Waals surface area (Å²) in [6.45, 7) is 0.455. The van der Waals surface area contributed by atoms with Crippen LogP contribution in [0.1, 0.15) is 24.3 Å². The number of benzene rings is 2. The van der Waals surface area contributed by atoms with Gasteiger partial charge in [0.15, 0.2) is 0 Å². The summed E-state index contributed by atoms with van der Waals surface area (Å²) < 4.78 is 0. The number of aliphatic hydroxyl groups is 1. The van der Waals surface area contributed by atoms with Crippen molar-refractivity contribution in [2.45, 2.75) is 23.7 Å². The minimum Gasteiger partial charge on any atom is -0.396 e. The molecule has 6 heteroatoms. The number of carbonyl (C=O) groups is 2. The van der Waals surface area contributed by atoms with Gasteiger partial charge in [0, 0.05) is 23.7 Å². The Morgan fingerprint density at radius 2 is 1.81 bits per heavy atom. The second-order valence-electron chi connectivity index (χ2n) is 5.85. The summed E-state index contributed by atoms with van der Waals surface area (Å²) in [5, 5.41) is 14.5. The van der Waals surface area contributed by atoms with Gasteiger partial charge in [0.1, 0.15) is 0 Å². The third-order valence-corrected chi connectivity index (χ3v) is 4.79. The van der Waals surface area contributed by atoms with Crippen molar-refractivity contribution in [3.8, 4) is 0 Å². The lowest BCUT2D eigenvalue weighted by molar-refractivity contribution is -0.136. The Labute approximate surface area is 158 Å². The standard InChI is InChI=1S/C20H24N2O3S/c1-26-18-9-5-8-17(14-18)22-20(25)19(24)21-12-10-16(11-13-23)15-6-3-2-4-7-15/h2-9,14,16,23H,10-13H2,1H3,(H,21,24)(H,22,25). The summed E-state index contributed by atoms with van der Waals surface area (Å²) in [7, 11) is 0. The van der Waals surface area contributed by atoms with E-state index in [2.05, 4.69) is 10.6 Å². The van der Waals surface area contributed by atoms with Crippen LogP contribution in [-0.2, 0) is 9.59 Å². The lowest BCUT2D eigenvalue weighted by Gasteiger charge is -2.16. The first-order valence-electron chi connectivity index (χ1n) is 8.53. The summed E-state index contributed by atoms with van der Waals surface area (Å²) >= 11 is 1.57. The van der Waals surface area contributed by atoms with Gasteiger partial charge in [0.05, 0.1) is 0 Å². The molecule has 0 aliphatic heterocycles. The van der Waals surface area contributed by atoms with Crippen molar-refractivity contribution in [3.63, 3.8) is 0 Å². The molecular formula is C20H24N2O3S. The largest absolute Gasteiger partial charge is 0.396 e. The van der Waals surface area contributed by atoms with Crippen LogP contribution in [0.3, 0.4) is 0 Å². The van der Waals surface area contributed by atoms with Gasteiger partial charge in [-0.05, 0) is 48.8 Å². The van der Waals surface area contributed by atoms with E-state index in [1.165, 1.54) is 0 Å². The molecule has 0 aliphatic carbocycles. The Hall–Kier alpha value is -2.31. The van der Waals surface area contributed by atoms with Gasteiger partial charge in [-0.2, -0.15) is 0 Å². The number of hydrogen-bond acceptors (Lipinski definition) is 4. The van der Waals surface area contributed by atoms with Crippen LogP contribution in [0.4, 0.5) is 5.69 Å². The molecule has 3 N–H and O–H groups in total. The number of thioether (sulfide) groups is 1. The molecule has 0 radical (unpaired) electrons. The second-order valence-corrected chi connectivity index (χ2v) is 6.73. The van der Waals surface area contributed by atoms with E-state index in [9.17, 15) is 14.7 Å². The molecule has 138 valence electrons. The molecule has 2 amide bonds. The number of amides is 2. The molecule has 2 aromatic carbocycles. The monoisotopic (exact) mass is 372 g/mol. The van der Waals surface area contributed by atoms with E-state index in [-0.39, 0.29) is 12.5 Å². The van der Waals surface area contributed by atoms with E-state index < -0.39 is 11.8 Å². The van der Waals surface area contributed by atoms with E-state index >= 15 is 0 Å². The molecule has 2 aromatic rings. The Balaban J connectivity index is 1.83. The molecule has 5 nitrogen and oxygen atoms in total. The summed E-state index contributed by atoms with van der Waals surface area (Å²) in [6, 6.07) is 17.2. The van der Waals surface area contributed by atoms with E-state index in [1.54, 1.807) is 17.8 Å². The van der Waals surface area contributed by atoms with Crippen molar-refractivity contribution in [2.24, 2.45) is 0 Å². The predicted molar refractivity (Wildman–Crippen MR) is 105 cm³/mol. The zero-order chi connectivity index (χ0) is 18.8. The molecule has 0 aromatic heterocycles. The van der Waals surface area contributed by atoms with Crippen LogP contribution >= 0.6 is 11.8 Å². The summed E-state index contributed by atoms with van der Waals surface area (Å²) in [5.41, 5.74) is 1.72. The van der Waals surface area contributed by atoms with Gasteiger partial charge in [-0.25, -0.2) is 0 Å². The number of carbonyl (C=O) groups excluding carboxylic acids is 2. The van der Waals surface area contributed by atoms with E-state index in [0.717, 1.165) is 10.5 Å². The quantitative estimate of drug-likeness (QED) is 0.492. The average molecular weight is 372 g/mol. The fraction of sp³-hybridized carbons (Fsp3) is 0.300. The summed E-state index contributed by atoms with van der Waals surface area (Å²) in [4.78, 5) is 25.0. The van der Waals surface area contributed by atoms with Crippen LogP contribution in [0, 0.1) is 0 Å². The molecule has 2 rings (SSSR count). The highest BCUT2D eigenvalue weighted by atomic mass is 32.2. The van der Waals surface area contributed by atoms with Crippen molar-refractivity contribution >= 4 is 29.3 Å². The molecule has 1 unspecified atom stereocenters. The highest BCUT2D eigenvalue weighted by molar-refractivity contribution is 7.98.